The van der Waals surface area contributed by atoms with E-state index in [0.29, 0.717) is 11.3 Å². The molecule has 0 spiro atoms. The Balaban J connectivity index is 1.90. The second kappa shape index (κ2) is 7.54. The van der Waals surface area contributed by atoms with Gasteiger partial charge in [0.15, 0.2) is 0 Å². The summed E-state index contributed by atoms with van der Waals surface area (Å²) in [5.41, 5.74) is 3.18. The number of ether oxygens (including phenoxy) is 1. The third kappa shape index (κ3) is 3.89. The molecule has 0 aliphatic rings. The minimum Gasteiger partial charge on any atom is -0.496 e. The molecule has 7 heteroatoms. The summed E-state index contributed by atoms with van der Waals surface area (Å²) in [6.07, 6.45) is 3.58. The first-order valence-electron chi connectivity index (χ1n) is 8.56. The Morgan fingerprint density at radius 1 is 1.11 bits per heavy atom. The molecule has 2 aromatic carbocycles. The lowest BCUT2D eigenvalue weighted by Crippen LogP contribution is -2.25. The Bertz CT molecular complexity index is 1070. The standard InChI is InChI=1S/C20H23N3O3S/c1-14-12-20(15(2)11-19(14)26-4)27(24,25)22-13-17-7-5-6-8-18(17)23-10-9-21-16(23)3/h5-12,22H,13H2,1-4H3. The zero-order chi connectivity index (χ0) is 19.6. The predicted molar refractivity (Wildman–Crippen MR) is 105 cm³/mol. The summed E-state index contributed by atoms with van der Waals surface area (Å²) in [6, 6.07) is 11.0. The Kier molecular flexibility index (Phi) is 5.34. The molecule has 1 aromatic heterocycles. The summed E-state index contributed by atoms with van der Waals surface area (Å²) in [4.78, 5) is 4.50. The SMILES string of the molecule is COc1cc(C)c(S(=O)(=O)NCc2ccccc2-n2ccnc2C)cc1C. The molecule has 3 aromatic rings. The van der Waals surface area contributed by atoms with Gasteiger partial charge in [0.2, 0.25) is 10.0 Å². The average Bonchev–Trinajstić information content (AvgIpc) is 3.07. The van der Waals surface area contributed by atoms with E-state index in [9.17, 15) is 8.42 Å². The highest BCUT2D eigenvalue weighted by Gasteiger charge is 2.19. The minimum atomic E-state index is -3.66. The lowest BCUT2D eigenvalue weighted by atomic mass is 10.1. The summed E-state index contributed by atoms with van der Waals surface area (Å²) in [7, 11) is -2.09. The summed E-state index contributed by atoms with van der Waals surface area (Å²) in [6.45, 7) is 5.68. The normalized spacial score (nSPS) is 11.6. The van der Waals surface area contributed by atoms with E-state index in [4.69, 9.17) is 4.74 Å². The Morgan fingerprint density at radius 3 is 2.52 bits per heavy atom. The van der Waals surface area contributed by atoms with Crippen molar-refractivity contribution in [1.29, 1.82) is 0 Å². The zero-order valence-electron chi connectivity index (χ0n) is 15.9. The Morgan fingerprint density at radius 2 is 1.85 bits per heavy atom. The molecule has 0 aliphatic carbocycles. The second-order valence-corrected chi connectivity index (χ2v) is 8.12. The molecule has 0 bridgehead atoms. The van der Waals surface area contributed by atoms with Crippen molar-refractivity contribution in [2.45, 2.75) is 32.2 Å². The van der Waals surface area contributed by atoms with Crippen molar-refractivity contribution in [3.05, 3.63) is 71.3 Å². The van der Waals surface area contributed by atoms with Crippen LogP contribution in [-0.4, -0.2) is 25.1 Å². The third-order valence-corrected chi connectivity index (χ3v) is 6.05. The molecule has 0 radical (unpaired) electrons. The van der Waals surface area contributed by atoms with E-state index in [1.807, 2.05) is 48.9 Å². The molecule has 0 aliphatic heterocycles. The average molecular weight is 385 g/mol. The van der Waals surface area contributed by atoms with Crippen LogP contribution in [0, 0.1) is 20.8 Å². The molecule has 1 heterocycles. The molecule has 0 saturated carbocycles. The van der Waals surface area contributed by atoms with Crippen molar-refractivity contribution in [3.63, 3.8) is 0 Å². The highest BCUT2D eigenvalue weighted by Crippen LogP contribution is 2.26. The molecule has 27 heavy (non-hydrogen) atoms. The third-order valence-electron chi connectivity index (χ3n) is 4.51. The van der Waals surface area contributed by atoms with Gasteiger partial charge in [-0.05, 0) is 55.7 Å². The molecule has 1 N–H and O–H groups in total. The van der Waals surface area contributed by atoms with E-state index < -0.39 is 10.0 Å². The fourth-order valence-corrected chi connectivity index (χ4v) is 4.37. The number of nitrogens with one attached hydrogen (secondary N) is 1. The van der Waals surface area contributed by atoms with Gasteiger partial charge in [-0.1, -0.05) is 18.2 Å². The first-order valence-corrected chi connectivity index (χ1v) is 10.0. The predicted octanol–water partition coefficient (Wildman–Crippen LogP) is 3.28. The highest BCUT2D eigenvalue weighted by molar-refractivity contribution is 7.89. The number of methoxy groups -OCH3 is 1. The fourth-order valence-electron chi connectivity index (χ4n) is 3.05. The maximum Gasteiger partial charge on any atom is 0.241 e. The molecule has 0 saturated heterocycles. The molecular weight excluding hydrogens is 362 g/mol. The van der Waals surface area contributed by atoms with Crippen LogP contribution in [0.5, 0.6) is 5.75 Å². The number of imidazole rings is 1. The highest BCUT2D eigenvalue weighted by atomic mass is 32.2. The van der Waals surface area contributed by atoms with E-state index >= 15 is 0 Å². The smallest absolute Gasteiger partial charge is 0.241 e. The number of hydrogen-bond donors (Lipinski definition) is 1. The Labute approximate surface area is 159 Å². The summed E-state index contributed by atoms with van der Waals surface area (Å²) < 4.78 is 35.7. The quantitative estimate of drug-likeness (QED) is 0.707. The number of benzene rings is 2. The van der Waals surface area contributed by atoms with Crippen LogP contribution in [0.4, 0.5) is 0 Å². The van der Waals surface area contributed by atoms with Gasteiger partial charge in [0, 0.05) is 18.9 Å². The molecule has 0 unspecified atom stereocenters. The van der Waals surface area contributed by atoms with Gasteiger partial charge in [-0.2, -0.15) is 0 Å². The van der Waals surface area contributed by atoms with Gasteiger partial charge >= 0.3 is 0 Å². The van der Waals surface area contributed by atoms with Crippen LogP contribution in [-0.2, 0) is 16.6 Å². The van der Waals surface area contributed by atoms with Crippen molar-refractivity contribution >= 4 is 10.0 Å². The van der Waals surface area contributed by atoms with Crippen LogP contribution < -0.4 is 9.46 Å². The second-order valence-electron chi connectivity index (χ2n) is 6.39. The molecule has 0 atom stereocenters. The van der Waals surface area contributed by atoms with E-state index in [1.165, 1.54) is 0 Å². The lowest BCUT2D eigenvalue weighted by molar-refractivity contribution is 0.411. The molecule has 6 nitrogen and oxygen atoms in total. The van der Waals surface area contributed by atoms with Crippen molar-refractivity contribution in [2.24, 2.45) is 0 Å². The van der Waals surface area contributed by atoms with Crippen molar-refractivity contribution in [1.82, 2.24) is 14.3 Å². The number of aryl methyl sites for hydroxylation is 3. The summed E-state index contributed by atoms with van der Waals surface area (Å²) in [5, 5.41) is 0. The van der Waals surface area contributed by atoms with E-state index in [2.05, 4.69) is 9.71 Å². The van der Waals surface area contributed by atoms with Crippen molar-refractivity contribution < 1.29 is 13.2 Å². The first-order chi connectivity index (χ1) is 12.8. The number of nitrogens with zero attached hydrogens (tertiary/aromatic N) is 2. The number of aromatic nitrogens is 2. The topological polar surface area (TPSA) is 73.2 Å². The fraction of sp³-hybridized carbons (Fsp3) is 0.250. The number of sulfonamides is 1. The van der Waals surface area contributed by atoms with Gasteiger partial charge in [-0.15, -0.1) is 0 Å². The lowest BCUT2D eigenvalue weighted by Gasteiger charge is -2.15. The van der Waals surface area contributed by atoms with Crippen molar-refractivity contribution in [3.8, 4) is 11.4 Å². The number of para-hydroxylation sites is 1. The number of hydrogen-bond acceptors (Lipinski definition) is 4. The van der Waals surface area contributed by atoms with Gasteiger partial charge in [-0.3, -0.25) is 0 Å². The van der Waals surface area contributed by atoms with Gasteiger partial charge in [0.05, 0.1) is 17.7 Å². The van der Waals surface area contributed by atoms with Crippen LogP contribution >= 0.6 is 0 Å². The molecule has 0 fully saturated rings. The Hall–Kier alpha value is -2.64. The van der Waals surface area contributed by atoms with Crippen LogP contribution in [0.25, 0.3) is 5.69 Å². The van der Waals surface area contributed by atoms with Crippen LogP contribution in [0.3, 0.4) is 0 Å². The van der Waals surface area contributed by atoms with E-state index in [-0.39, 0.29) is 11.4 Å². The van der Waals surface area contributed by atoms with Crippen LogP contribution in [0.1, 0.15) is 22.5 Å². The monoisotopic (exact) mass is 385 g/mol. The van der Waals surface area contributed by atoms with E-state index in [1.54, 1.807) is 32.4 Å². The van der Waals surface area contributed by atoms with Gasteiger partial charge < -0.3 is 9.30 Å². The molecule has 0 amide bonds. The summed E-state index contributed by atoms with van der Waals surface area (Å²) >= 11 is 0. The maximum absolute atomic E-state index is 12.9. The van der Waals surface area contributed by atoms with Gasteiger partial charge in [0.1, 0.15) is 11.6 Å². The maximum atomic E-state index is 12.9. The van der Waals surface area contributed by atoms with Crippen LogP contribution in [0.2, 0.25) is 0 Å². The van der Waals surface area contributed by atoms with Gasteiger partial charge in [0.25, 0.3) is 0 Å². The first kappa shape index (κ1) is 19.1. The van der Waals surface area contributed by atoms with Crippen molar-refractivity contribution in [2.75, 3.05) is 7.11 Å². The minimum absolute atomic E-state index is 0.181. The molecular formula is C20H23N3O3S. The number of rotatable bonds is 6. The largest absolute Gasteiger partial charge is 0.496 e. The summed E-state index contributed by atoms with van der Waals surface area (Å²) in [5.74, 6) is 1.51. The van der Waals surface area contributed by atoms with E-state index in [0.717, 1.165) is 22.6 Å². The van der Waals surface area contributed by atoms with Gasteiger partial charge in [-0.25, -0.2) is 18.1 Å². The molecule has 3 rings (SSSR count). The van der Waals surface area contributed by atoms with Crippen LogP contribution in [0.15, 0.2) is 53.7 Å². The zero-order valence-corrected chi connectivity index (χ0v) is 16.7. The molecule has 142 valence electrons.